The van der Waals surface area contributed by atoms with Crippen LogP contribution in [0.2, 0.25) is 0 Å². The van der Waals surface area contributed by atoms with Crippen molar-refractivity contribution >= 4 is 5.97 Å². The second-order valence-electron chi connectivity index (χ2n) is 10.2. The maximum absolute atomic E-state index is 12.7. The van der Waals surface area contributed by atoms with Crippen LogP contribution < -0.4 is 10.2 Å². The van der Waals surface area contributed by atoms with Crippen LogP contribution in [0.3, 0.4) is 0 Å². The monoisotopic (exact) mass is 454 g/mol. The third-order valence-electron chi connectivity index (χ3n) is 7.37. The number of nitrogens with zero attached hydrogens (tertiary/aromatic N) is 2. The summed E-state index contributed by atoms with van der Waals surface area (Å²) in [5, 5.41) is 21.6. The van der Waals surface area contributed by atoms with Crippen molar-refractivity contribution in [1.29, 1.82) is 0 Å². The third kappa shape index (κ3) is 3.47. The van der Waals surface area contributed by atoms with Gasteiger partial charge >= 0.3 is 5.97 Å². The largest absolute Gasteiger partial charge is 0.492 e. The molecule has 5 rings (SSSR count). The fourth-order valence-electron chi connectivity index (χ4n) is 5.62. The van der Waals surface area contributed by atoms with Crippen molar-refractivity contribution in [1.82, 2.24) is 9.55 Å². The first-order valence-electron chi connectivity index (χ1n) is 11.6. The first kappa shape index (κ1) is 22.1. The molecule has 0 bridgehead atoms. The molecule has 0 saturated heterocycles. The minimum Gasteiger partial charge on any atom is -0.492 e. The van der Waals surface area contributed by atoms with Gasteiger partial charge in [-0.15, -0.1) is 0 Å². The predicted molar refractivity (Wildman–Crippen MR) is 121 cm³/mol. The molecule has 2 N–H and O–H groups in total. The van der Waals surface area contributed by atoms with E-state index < -0.39 is 23.0 Å². The molecular formula is C25H30N2O6. The Morgan fingerprint density at radius 2 is 2.00 bits per heavy atom. The number of fused-ring (bicyclic) bond motifs is 6. The molecule has 0 amide bonds. The first-order valence-corrected chi connectivity index (χ1v) is 11.6. The average Bonchev–Trinajstić information content (AvgIpc) is 3.57. The molecule has 2 saturated carbocycles. The highest BCUT2D eigenvalue weighted by atomic mass is 16.5. The molecule has 2 aromatic rings. The molecule has 8 nitrogen and oxygen atoms in total. The molecule has 3 aliphatic rings. The van der Waals surface area contributed by atoms with Crippen LogP contribution in [-0.2, 0) is 10.3 Å². The Morgan fingerprint density at radius 3 is 2.67 bits per heavy atom. The lowest BCUT2D eigenvalue weighted by Crippen LogP contribution is -2.43. The molecule has 8 heteroatoms. The number of methoxy groups -OCH3 is 1. The molecule has 2 aliphatic carbocycles. The van der Waals surface area contributed by atoms with Gasteiger partial charge in [-0.3, -0.25) is 4.79 Å². The van der Waals surface area contributed by atoms with Crippen molar-refractivity contribution in [3.63, 3.8) is 0 Å². The van der Waals surface area contributed by atoms with Crippen LogP contribution in [0.4, 0.5) is 0 Å². The smallest absolute Gasteiger partial charge is 0.341 e. The number of carboxylic acid groups (broad SMARTS) is 1. The summed E-state index contributed by atoms with van der Waals surface area (Å²) in [5.41, 5.74) is 0.183. The van der Waals surface area contributed by atoms with Gasteiger partial charge in [-0.25, -0.2) is 9.78 Å². The van der Waals surface area contributed by atoms with Gasteiger partial charge in [-0.1, -0.05) is 13.8 Å². The summed E-state index contributed by atoms with van der Waals surface area (Å²) in [7, 11) is 1.66. The van der Waals surface area contributed by atoms with Crippen molar-refractivity contribution in [2.24, 2.45) is 5.41 Å². The number of aromatic carboxylic acids is 1. The number of hydrogen-bond acceptors (Lipinski definition) is 6. The molecule has 2 aromatic heterocycles. The normalized spacial score (nSPS) is 24.7. The van der Waals surface area contributed by atoms with Crippen molar-refractivity contribution in [2.45, 2.75) is 63.5 Å². The van der Waals surface area contributed by atoms with Gasteiger partial charge in [0.1, 0.15) is 16.9 Å². The number of aromatic nitrogens is 2. The number of pyridine rings is 2. The summed E-state index contributed by atoms with van der Waals surface area (Å²) in [6.45, 7) is 5.22. The fourth-order valence-corrected chi connectivity index (χ4v) is 5.62. The number of rotatable bonds is 7. The van der Waals surface area contributed by atoms with Gasteiger partial charge < -0.3 is 24.3 Å². The van der Waals surface area contributed by atoms with Gasteiger partial charge in [0.25, 0.3) is 0 Å². The highest BCUT2D eigenvalue weighted by Gasteiger charge is 2.57. The molecule has 2 fully saturated rings. The van der Waals surface area contributed by atoms with E-state index in [1.54, 1.807) is 11.7 Å². The number of carboxylic acids is 1. The third-order valence-corrected chi connectivity index (χ3v) is 7.37. The maximum Gasteiger partial charge on any atom is 0.341 e. The molecule has 0 aromatic carbocycles. The van der Waals surface area contributed by atoms with Gasteiger partial charge in [0.05, 0.1) is 29.7 Å². The van der Waals surface area contributed by atoms with Crippen LogP contribution in [0, 0.1) is 5.41 Å². The molecule has 3 heterocycles. The van der Waals surface area contributed by atoms with Crippen LogP contribution >= 0.6 is 0 Å². The molecule has 176 valence electrons. The van der Waals surface area contributed by atoms with Gasteiger partial charge in [0, 0.05) is 43.9 Å². The fraction of sp³-hybridized carbons (Fsp3) is 0.560. The Hall–Kier alpha value is -2.71. The van der Waals surface area contributed by atoms with E-state index >= 15 is 0 Å². The number of hydrogen-bond donors (Lipinski definition) is 2. The van der Waals surface area contributed by atoms with Crippen LogP contribution in [0.15, 0.2) is 23.1 Å². The van der Waals surface area contributed by atoms with E-state index in [0.717, 1.165) is 31.4 Å². The van der Waals surface area contributed by atoms with Gasteiger partial charge in [-0.2, -0.15) is 0 Å². The Balaban J connectivity index is 1.72. The second-order valence-corrected chi connectivity index (χ2v) is 10.2. The van der Waals surface area contributed by atoms with Crippen LogP contribution in [0.1, 0.15) is 79.5 Å². The zero-order valence-electron chi connectivity index (χ0n) is 19.3. The lowest BCUT2D eigenvalue weighted by Gasteiger charge is -2.44. The zero-order chi connectivity index (χ0) is 23.5. The zero-order valence-corrected chi connectivity index (χ0v) is 19.3. The van der Waals surface area contributed by atoms with Crippen molar-refractivity contribution in [3.05, 3.63) is 45.4 Å². The lowest BCUT2D eigenvalue weighted by atomic mass is 9.76. The second kappa shape index (κ2) is 7.67. The van der Waals surface area contributed by atoms with Crippen LogP contribution in [0.25, 0.3) is 11.4 Å². The van der Waals surface area contributed by atoms with Crippen molar-refractivity contribution < 1.29 is 24.5 Å². The molecule has 2 unspecified atom stereocenters. The van der Waals surface area contributed by atoms with Crippen molar-refractivity contribution in [2.75, 3.05) is 20.3 Å². The van der Waals surface area contributed by atoms with Gasteiger partial charge in [-0.05, 0) is 37.2 Å². The molecular weight excluding hydrogens is 424 g/mol. The molecule has 0 radical (unpaired) electrons. The summed E-state index contributed by atoms with van der Waals surface area (Å²) in [6, 6.07) is 2.84. The summed E-state index contributed by atoms with van der Waals surface area (Å²) >= 11 is 0. The van der Waals surface area contributed by atoms with E-state index in [-0.39, 0.29) is 11.0 Å². The molecule has 1 aliphatic heterocycles. The standard InChI is InChI=1S/C25H30N2O6/c1-24(2)7-8-25(31)16-11-19(33-10-4-9-32-3)20(14-5-6-14)26-21(16)17-12-18(28)15(22(29)30)13-27(17)23(24)25/h11-14,23,31H,4-10H2,1-3H3,(H,29,30). The number of carbonyl (C=O) groups is 1. The minimum atomic E-state index is -1.27. The lowest BCUT2D eigenvalue weighted by molar-refractivity contribution is -0.0221. The summed E-state index contributed by atoms with van der Waals surface area (Å²) in [4.78, 5) is 29.3. The quantitative estimate of drug-likeness (QED) is 0.616. The average molecular weight is 455 g/mol. The van der Waals surface area contributed by atoms with Gasteiger partial charge in [0.15, 0.2) is 5.43 Å². The Kier molecular flexibility index (Phi) is 5.14. The number of aliphatic hydroxyl groups is 1. The van der Waals surface area contributed by atoms with E-state index in [0.29, 0.717) is 48.3 Å². The highest BCUT2D eigenvalue weighted by molar-refractivity contribution is 5.87. The van der Waals surface area contributed by atoms with E-state index in [1.807, 2.05) is 6.07 Å². The van der Waals surface area contributed by atoms with Crippen LogP contribution in [-0.4, -0.2) is 46.1 Å². The Labute approximate surface area is 192 Å². The van der Waals surface area contributed by atoms with E-state index in [1.165, 1.54) is 12.3 Å². The Bertz CT molecular complexity index is 1180. The predicted octanol–water partition coefficient (Wildman–Crippen LogP) is 3.46. The summed E-state index contributed by atoms with van der Waals surface area (Å²) in [5.74, 6) is -0.298. The minimum absolute atomic E-state index is 0.290. The van der Waals surface area contributed by atoms with E-state index in [9.17, 15) is 19.8 Å². The summed E-state index contributed by atoms with van der Waals surface area (Å²) in [6.07, 6.45) is 5.43. The molecule has 33 heavy (non-hydrogen) atoms. The Morgan fingerprint density at radius 1 is 1.24 bits per heavy atom. The SMILES string of the molecule is COCCCOc1cc2c(nc1C1CC1)-c1cc(=O)c(C(=O)O)cn1C1C(C)(C)CCC21O. The van der Waals surface area contributed by atoms with E-state index in [4.69, 9.17) is 14.5 Å². The first-order chi connectivity index (χ1) is 15.7. The maximum atomic E-state index is 12.7. The van der Waals surface area contributed by atoms with E-state index in [2.05, 4.69) is 13.8 Å². The number of ether oxygens (including phenoxy) is 2. The molecule has 2 atom stereocenters. The summed E-state index contributed by atoms with van der Waals surface area (Å²) < 4.78 is 13.0. The molecule has 0 spiro atoms. The van der Waals surface area contributed by atoms with Crippen molar-refractivity contribution in [3.8, 4) is 17.1 Å². The topological polar surface area (TPSA) is 111 Å². The highest BCUT2D eigenvalue weighted by Crippen LogP contribution is 2.61. The van der Waals surface area contributed by atoms with Crippen LogP contribution in [0.5, 0.6) is 5.75 Å². The van der Waals surface area contributed by atoms with Gasteiger partial charge in [0.2, 0.25) is 0 Å².